The molecule has 0 radical (unpaired) electrons. The fraction of sp³-hybridized carbons (Fsp3) is 0.458. The fourth-order valence-electron chi connectivity index (χ4n) is 3.87. The molecule has 1 saturated heterocycles. The lowest BCUT2D eigenvalue weighted by molar-refractivity contribution is -0.127. The van der Waals surface area contributed by atoms with E-state index in [1.165, 1.54) is 5.56 Å². The predicted octanol–water partition coefficient (Wildman–Crippen LogP) is 2.52. The van der Waals surface area contributed by atoms with Gasteiger partial charge in [-0.1, -0.05) is 25.1 Å². The highest BCUT2D eigenvalue weighted by Crippen LogP contribution is 2.25. The molecule has 3 N–H and O–H groups in total. The second-order valence-electron chi connectivity index (χ2n) is 8.43. The molecular formula is C24H34N4O4S. The van der Waals surface area contributed by atoms with E-state index in [2.05, 4.69) is 27.1 Å². The maximum absolute atomic E-state index is 12.6. The molecule has 9 heteroatoms. The molecule has 1 heterocycles. The third kappa shape index (κ3) is 7.36. The van der Waals surface area contributed by atoms with E-state index in [1.54, 1.807) is 36.2 Å². The first-order valence-corrected chi connectivity index (χ1v) is 13.0. The van der Waals surface area contributed by atoms with E-state index in [-0.39, 0.29) is 24.3 Å². The molecule has 1 aliphatic rings. The van der Waals surface area contributed by atoms with Crippen LogP contribution in [0.4, 0.5) is 17.1 Å². The number of aliphatic hydroxyl groups is 1. The van der Waals surface area contributed by atoms with Crippen LogP contribution < -0.4 is 14.9 Å². The zero-order chi connectivity index (χ0) is 23.8. The molecule has 0 aliphatic carbocycles. The molecule has 1 atom stereocenters. The lowest BCUT2D eigenvalue weighted by Crippen LogP contribution is -2.34. The molecule has 0 bridgehead atoms. The number of aliphatic hydroxyl groups excluding tert-OH is 1. The first-order valence-electron chi connectivity index (χ1n) is 11.4. The Hall–Kier alpha value is -2.78. The number of nitrogens with zero attached hydrogens (tertiary/aromatic N) is 2. The Labute approximate surface area is 196 Å². The van der Waals surface area contributed by atoms with Crippen molar-refractivity contribution in [2.24, 2.45) is 0 Å². The third-order valence-electron chi connectivity index (χ3n) is 5.71. The number of nitrogens with one attached hydrogen (secondary N) is 2. The zero-order valence-corrected chi connectivity index (χ0v) is 20.1. The van der Waals surface area contributed by atoms with E-state index in [0.717, 1.165) is 30.8 Å². The average molecular weight is 475 g/mol. The highest BCUT2D eigenvalue weighted by molar-refractivity contribution is 7.92. The van der Waals surface area contributed by atoms with Gasteiger partial charge in [0.2, 0.25) is 15.9 Å². The van der Waals surface area contributed by atoms with Crippen molar-refractivity contribution in [2.75, 3.05) is 53.9 Å². The summed E-state index contributed by atoms with van der Waals surface area (Å²) in [5.74, 6) is 0.0509. The molecule has 1 fully saturated rings. The number of sulfonamides is 1. The maximum Gasteiger partial charge on any atom is 0.241 e. The topological polar surface area (TPSA) is 102 Å². The van der Waals surface area contributed by atoms with Crippen LogP contribution in [0.25, 0.3) is 0 Å². The van der Waals surface area contributed by atoms with Crippen LogP contribution in [0.2, 0.25) is 0 Å². The summed E-state index contributed by atoms with van der Waals surface area (Å²) in [4.78, 5) is 16.5. The van der Waals surface area contributed by atoms with Gasteiger partial charge in [-0.25, -0.2) is 8.42 Å². The number of rotatable bonds is 11. The van der Waals surface area contributed by atoms with Crippen molar-refractivity contribution in [1.82, 2.24) is 4.90 Å². The number of likely N-dealkylation sites (N-methyl/N-ethyl adjacent to an activating group) is 1. The molecule has 1 amide bonds. The predicted molar refractivity (Wildman–Crippen MR) is 133 cm³/mol. The Morgan fingerprint density at radius 2 is 1.85 bits per heavy atom. The van der Waals surface area contributed by atoms with Gasteiger partial charge in [-0.05, 0) is 55.2 Å². The van der Waals surface area contributed by atoms with Crippen LogP contribution in [0.5, 0.6) is 0 Å². The average Bonchev–Trinajstić information content (AvgIpc) is 3.22. The molecule has 180 valence electrons. The summed E-state index contributed by atoms with van der Waals surface area (Å²) in [5, 5.41) is 12.9. The normalized spacial score (nSPS) is 16.0. The smallest absolute Gasteiger partial charge is 0.241 e. The molecule has 1 aliphatic heterocycles. The summed E-state index contributed by atoms with van der Waals surface area (Å²) in [6, 6.07) is 15.0. The van der Waals surface area contributed by atoms with Gasteiger partial charge in [0.25, 0.3) is 0 Å². The van der Waals surface area contributed by atoms with Crippen LogP contribution in [0.3, 0.4) is 0 Å². The van der Waals surface area contributed by atoms with Gasteiger partial charge in [0.05, 0.1) is 18.4 Å². The summed E-state index contributed by atoms with van der Waals surface area (Å²) in [6.07, 6.45) is 1.79. The highest BCUT2D eigenvalue weighted by atomic mass is 32.2. The van der Waals surface area contributed by atoms with Crippen LogP contribution in [-0.2, 0) is 21.2 Å². The third-order valence-corrected chi connectivity index (χ3v) is 7.21. The summed E-state index contributed by atoms with van der Waals surface area (Å²) in [6.45, 7) is 4.05. The summed E-state index contributed by atoms with van der Waals surface area (Å²) in [5.41, 5.74) is 3.54. The molecule has 8 nitrogen and oxygen atoms in total. The van der Waals surface area contributed by atoms with E-state index in [4.69, 9.17) is 0 Å². The van der Waals surface area contributed by atoms with Gasteiger partial charge in [-0.2, -0.15) is 0 Å². The van der Waals surface area contributed by atoms with Crippen molar-refractivity contribution < 1.29 is 18.3 Å². The number of carbonyl (C=O) groups excluding carboxylic acids is 1. The van der Waals surface area contributed by atoms with Crippen molar-refractivity contribution in [3.8, 4) is 0 Å². The van der Waals surface area contributed by atoms with Crippen molar-refractivity contribution in [1.29, 1.82) is 0 Å². The quantitative estimate of drug-likeness (QED) is 0.463. The molecule has 0 spiro atoms. The number of hydrogen-bond donors (Lipinski definition) is 3. The minimum absolute atomic E-state index is 0.0307. The van der Waals surface area contributed by atoms with Crippen LogP contribution >= 0.6 is 0 Å². The molecule has 0 saturated carbocycles. The number of amides is 1. The monoisotopic (exact) mass is 474 g/mol. The SMILES string of the molecule is CCCS(=O)(=O)Nc1ccc(NCC(=O)N(C)CCc2ccccc2N2CC[C@H](O)C2)cc1. The molecular weight excluding hydrogens is 440 g/mol. The van der Waals surface area contributed by atoms with E-state index < -0.39 is 10.0 Å². The number of para-hydroxylation sites is 1. The minimum atomic E-state index is -3.32. The first-order chi connectivity index (χ1) is 15.8. The number of hydrogen-bond acceptors (Lipinski definition) is 6. The molecule has 33 heavy (non-hydrogen) atoms. The summed E-state index contributed by atoms with van der Waals surface area (Å²) < 4.78 is 26.3. The van der Waals surface area contributed by atoms with Gasteiger partial charge < -0.3 is 20.2 Å². The lowest BCUT2D eigenvalue weighted by atomic mass is 10.1. The van der Waals surface area contributed by atoms with E-state index in [0.29, 0.717) is 25.2 Å². The second-order valence-corrected chi connectivity index (χ2v) is 10.3. The highest BCUT2D eigenvalue weighted by Gasteiger charge is 2.22. The Balaban J connectivity index is 1.48. The van der Waals surface area contributed by atoms with E-state index >= 15 is 0 Å². The zero-order valence-electron chi connectivity index (χ0n) is 19.3. The Morgan fingerprint density at radius 1 is 1.15 bits per heavy atom. The number of β-amino-alcohol motifs (C(OH)–C–C–N with tert-alkyl or cyclic N) is 1. The van der Waals surface area contributed by atoms with Crippen molar-refractivity contribution in [3.05, 3.63) is 54.1 Å². The van der Waals surface area contributed by atoms with Gasteiger partial charge in [-0.3, -0.25) is 9.52 Å². The Kier molecular flexibility index (Phi) is 8.57. The maximum atomic E-state index is 12.6. The standard InChI is InChI=1S/C24H34N4O4S/c1-3-16-33(31,32)26-21-10-8-20(9-11-21)25-17-24(30)27(2)14-12-19-6-4-5-7-23(19)28-15-13-22(29)18-28/h4-11,22,25-26,29H,3,12-18H2,1-2H3/t22-/m0/s1. The minimum Gasteiger partial charge on any atom is -0.391 e. The number of carbonyl (C=O) groups is 1. The second kappa shape index (κ2) is 11.4. The van der Waals surface area contributed by atoms with Gasteiger partial charge in [0, 0.05) is 43.7 Å². The van der Waals surface area contributed by atoms with Gasteiger partial charge in [0.15, 0.2) is 0 Å². The molecule has 2 aromatic rings. The van der Waals surface area contributed by atoms with Gasteiger partial charge >= 0.3 is 0 Å². The molecule has 3 rings (SSSR count). The van der Waals surface area contributed by atoms with E-state index in [1.807, 2.05) is 19.1 Å². The number of benzene rings is 2. The Morgan fingerprint density at radius 3 is 2.52 bits per heavy atom. The molecule has 2 aromatic carbocycles. The van der Waals surface area contributed by atoms with Gasteiger partial charge in [0.1, 0.15) is 0 Å². The molecule has 0 unspecified atom stereocenters. The van der Waals surface area contributed by atoms with E-state index in [9.17, 15) is 18.3 Å². The van der Waals surface area contributed by atoms with Crippen LogP contribution in [0.1, 0.15) is 25.3 Å². The van der Waals surface area contributed by atoms with Crippen molar-refractivity contribution in [3.63, 3.8) is 0 Å². The fourth-order valence-corrected chi connectivity index (χ4v) is 5.01. The van der Waals surface area contributed by atoms with Gasteiger partial charge in [-0.15, -0.1) is 0 Å². The first kappa shape index (κ1) is 24.9. The van der Waals surface area contributed by atoms with Crippen LogP contribution in [0.15, 0.2) is 48.5 Å². The lowest BCUT2D eigenvalue weighted by Gasteiger charge is -2.23. The Bertz CT molecular complexity index is 1030. The number of anilines is 3. The summed E-state index contributed by atoms with van der Waals surface area (Å²) >= 11 is 0. The van der Waals surface area contributed by atoms with Crippen LogP contribution in [0, 0.1) is 0 Å². The largest absolute Gasteiger partial charge is 0.391 e. The molecule has 0 aromatic heterocycles. The van der Waals surface area contributed by atoms with Crippen LogP contribution in [-0.4, -0.2) is 69.4 Å². The summed E-state index contributed by atoms with van der Waals surface area (Å²) in [7, 11) is -1.53. The van der Waals surface area contributed by atoms with Crippen molar-refractivity contribution in [2.45, 2.75) is 32.3 Å². The van der Waals surface area contributed by atoms with Crippen molar-refractivity contribution >= 4 is 33.0 Å².